The number of rotatable bonds is 0. The predicted molar refractivity (Wildman–Crippen MR) is 79.7 cm³/mol. The van der Waals surface area contributed by atoms with Crippen LogP contribution in [0.2, 0.25) is 0 Å². The van der Waals surface area contributed by atoms with Crippen molar-refractivity contribution in [2.24, 2.45) is 0 Å². The quantitative estimate of drug-likeness (QED) is 0.410. The maximum absolute atomic E-state index is 3.30. The van der Waals surface area contributed by atoms with E-state index in [9.17, 15) is 0 Å². The van der Waals surface area contributed by atoms with E-state index in [4.69, 9.17) is 0 Å². The standard InChI is InChI=1S/C13H9.C6H7.2ClH.Zr/c1-3-7-12-10(5-1)9-11-6-2-4-8-13(11)12;1-6-4-2-3-5-6;;;/h1-5,7-8H,9H2;2,4H,3H2,1H3;2*1H;/q2*-1;;;+2/p-2. The molecule has 0 nitrogen and oxygen atoms in total. The van der Waals surface area contributed by atoms with Gasteiger partial charge in [-0.25, -0.2) is 11.6 Å². The molecule has 0 amide bonds. The number of halogens is 2. The molecule has 2 aliphatic rings. The molecule has 0 spiro atoms. The Bertz CT molecular complexity index is 614. The summed E-state index contributed by atoms with van der Waals surface area (Å²) < 4.78 is 0. The number of allylic oxidation sites excluding steroid dienone is 4. The van der Waals surface area contributed by atoms with Gasteiger partial charge in [0, 0.05) is 0 Å². The number of hydrogen-bond donors (Lipinski definition) is 0. The molecule has 2 aromatic rings. The van der Waals surface area contributed by atoms with Gasteiger partial charge in [-0.15, -0.1) is 12.0 Å². The molecule has 0 heterocycles. The Morgan fingerprint density at radius 3 is 2.32 bits per heavy atom. The molecular weight excluding hydrogens is 390 g/mol. The molecule has 0 saturated heterocycles. The molecule has 2 aromatic carbocycles. The van der Waals surface area contributed by atoms with Crippen LogP contribution in [0, 0.1) is 12.1 Å². The van der Waals surface area contributed by atoms with Crippen molar-refractivity contribution in [3.8, 4) is 11.1 Å². The van der Waals surface area contributed by atoms with Crippen molar-refractivity contribution in [2.45, 2.75) is 19.8 Å². The number of fused-ring (bicyclic) bond motifs is 3. The SMILES string of the molecule is CC1=[C-]CC=C1.[Cl-].[Cl-].[Zr+2].[c-]1cccc2c1Cc1ccccc1-2. The van der Waals surface area contributed by atoms with E-state index in [-0.39, 0.29) is 51.0 Å². The van der Waals surface area contributed by atoms with Gasteiger partial charge in [-0.1, -0.05) is 42.3 Å². The summed E-state index contributed by atoms with van der Waals surface area (Å²) in [5, 5.41) is 0. The summed E-state index contributed by atoms with van der Waals surface area (Å²) in [7, 11) is 0. The van der Waals surface area contributed by atoms with Gasteiger partial charge in [0.2, 0.25) is 0 Å². The van der Waals surface area contributed by atoms with E-state index in [0.29, 0.717) is 0 Å². The molecule has 0 aliphatic heterocycles. The largest absolute Gasteiger partial charge is 2.00 e. The summed E-state index contributed by atoms with van der Waals surface area (Å²) in [4.78, 5) is 0. The Labute approximate surface area is 164 Å². The zero-order valence-corrected chi connectivity index (χ0v) is 16.3. The van der Waals surface area contributed by atoms with E-state index in [1.54, 1.807) is 0 Å². The van der Waals surface area contributed by atoms with E-state index in [2.05, 4.69) is 67.6 Å². The van der Waals surface area contributed by atoms with Crippen LogP contribution in [0.25, 0.3) is 11.1 Å². The Morgan fingerprint density at radius 1 is 0.955 bits per heavy atom. The topological polar surface area (TPSA) is 0 Å². The first-order valence-electron chi connectivity index (χ1n) is 6.66. The fraction of sp³-hybridized carbons (Fsp3) is 0.158. The van der Waals surface area contributed by atoms with Crippen LogP contribution < -0.4 is 24.8 Å². The van der Waals surface area contributed by atoms with Crippen molar-refractivity contribution in [1.29, 1.82) is 0 Å². The van der Waals surface area contributed by atoms with Gasteiger partial charge in [0.25, 0.3) is 0 Å². The van der Waals surface area contributed by atoms with Crippen LogP contribution in [0.3, 0.4) is 0 Å². The van der Waals surface area contributed by atoms with Crippen LogP contribution >= 0.6 is 0 Å². The second-order valence-corrected chi connectivity index (χ2v) is 4.86. The van der Waals surface area contributed by atoms with E-state index in [0.717, 1.165) is 12.8 Å². The number of hydrogen-bond acceptors (Lipinski definition) is 0. The van der Waals surface area contributed by atoms with E-state index in [1.165, 1.54) is 27.8 Å². The van der Waals surface area contributed by atoms with Crippen LogP contribution in [0.4, 0.5) is 0 Å². The van der Waals surface area contributed by atoms with Crippen molar-refractivity contribution in [2.75, 3.05) is 0 Å². The molecule has 0 bridgehead atoms. The monoisotopic (exact) mass is 404 g/mol. The number of benzene rings is 2. The van der Waals surface area contributed by atoms with Crippen molar-refractivity contribution in [3.05, 3.63) is 83.5 Å². The average Bonchev–Trinajstić information content (AvgIpc) is 3.06. The molecule has 0 radical (unpaired) electrons. The third-order valence-corrected chi connectivity index (χ3v) is 3.48. The Morgan fingerprint density at radius 2 is 1.68 bits per heavy atom. The predicted octanol–water partition coefficient (Wildman–Crippen LogP) is -1.24. The summed E-state index contributed by atoms with van der Waals surface area (Å²) >= 11 is 0. The molecule has 0 aromatic heterocycles. The summed E-state index contributed by atoms with van der Waals surface area (Å²) in [5.74, 6) is 0. The average molecular weight is 406 g/mol. The molecule has 3 heteroatoms. The van der Waals surface area contributed by atoms with Crippen LogP contribution in [-0.4, -0.2) is 0 Å². The smallest absolute Gasteiger partial charge is 1.00 e. The van der Waals surface area contributed by atoms with Gasteiger partial charge in [-0.3, -0.25) is 6.08 Å². The third kappa shape index (κ3) is 4.95. The van der Waals surface area contributed by atoms with Gasteiger partial charge in [-0.2, -0.15) is 35.9 Å². The van der Waals surface area contributed by atoms with Crippen molar-refractivity contribution in [3.63, 3.8) is 0 Å². The molecule has 22 heavy (non-hydrogen) atoms. The molecular formula is C19H16Cl2Zr-2. The molecule has 0 saturated carbocycles. The van der Waals surface area contributed by atoms with E-state index in [1.807, 2.05) is 6.07 Å². The maximum atomic E-state index is 3.30. The summed E-state index contributed by atoms with van der Waals surface area (Å²) in [6.45, 7) is 2.06. The van der Waals surface area contributed by atoms with Gasteiger partial charge in [0.05, 0.1) is 0 Å². The first kappa shape index (κ1) is 21.4. The van der Waals surface area contributed by atoms with Crippen molar-refractivity contribution >= 4 is 0 Å². The van der Waals surface area contributed by atoms with Gasteiger partial charge >= 0.3 is 26.2 Å². The van der Waals surface area contributed by atoms with Crippen molar-refractivity contribution < 1.29 is 51.0 Å². The first-order chi connectivity index (χ1) is 9.34. The van der Waals surface area contributed by atoms with Crippen LogP contribution in [0.1, 0.15) is 24.5 Å². The van der Waals surface area contributed by atoms with E-state index >= 15 is 0 Å². The third-order valence-electron chi connectivity index (χ3n) is 3.48. The van der Waals surface area contributed by atoms with Crippen LogP contribution in [0.15, 0.2) is 60.2 Å². The molecule has 0 unspecified atom stereocenters. The molecule has 112 valence electrons. The minimum absolute atomic E-state index is 0. The molecule has 0 atom stereocenters. The summed E-state index contributed by atoms with van der Waals surface area (Å²) in [5.41, 5.74) is 6.78. The normalized spacial score (nSPS) is 12.3. The van der Waals surface area contributed by atoms with Crippen LogP contribution in [0.5, 0.6) is 0 Å². The maximum Gasteiger partial charge on any atom is 2.00 e. The molecule has 2 aliphatic carbocycles. The zero-order chi connectivity index (χ0) is 13.1. The van der Waals surface area contributed by atoms with Gasteiger partial charge in [0.1, 0.15) is 0 Å². The second-order valence-electron chi connectivity index (χ2n) is 4.86. The van der Waals surface area contributed by atoms with Gasteiger partial charge < -0.3 is 24.8 Å². The molecule has 0 fully saturated rings. The minimum Gasteiger partial charge on any atom is -1.00 e. The van der Waals surface area contributed by atoms with Gasteiger partial charge in [0.15, 0.2) is 0 Å². The Kier molecular flexibility index (Phi) is 9.93. The van der Waals surface area contributed by atoms with Gasteiger partial charge in [-0.05, 0) is 6.42 Å². The Hall–Kier alpha value is -0.617. The summed E-state index contributed by atoms with van der Waals surface area (Å²) in [6, 6.07) is 18.1. The fourth-order valence-corrected chi connectivity index (χ4v) is 2.51. The minimum atomic E-state index is 0. The van der Waals surface area contributed by atoms with Crippen LogP contribution in [-0.2, 0) is 32.6 Å². The fourth-order valence-electron chi connectivity index (χ4n) is 2.51. The van der Waals surface area contributed by atoms with E-state index < -0.39 is 0 Å². The molecule has 0 N–H and O–H groups in total. The second kappa shape index (κ2) is 10.2. The summed E-state index contributed by atoms with van der Waals surface area (Å²) in [6.07, 6.45) is 9.38. The zero-order valence-electron chi connectivity index (χ0n) is 12.4. The Balaban J connectivity index is 0.000000429. The molecule has 4 rings (SSSR count). The first-order valence-corrected chi connectivity index (χ1v) is 6.66. The van der Waals surface area contributed by atoms with Crippen molar-refractivity contribution in [1.82, 2.24) is 0 Å².